The van der Waals surface area contributed by atoms with E-state index in [-0.39, 0.29) is 0 Å². The van der Waals surface area contributed by atoms with Gasteiger partial charge in [0.05, 0.1) is 0 Å². The molecule has 42 valence electrons. The van der Waals surface area contributed by atoms with Crippen molar-refractivity contribution in [2.75, 3.05) is 5.88 Å². The molecule has 0 saturated heterocycles. The molecule has 7 heavy (non-hydrogen) atoms. The standard InChI is InChI=1S/C6H11Cl/c1-3-6(2)4-5-7/h4H,3,5H2,1-2H3/b6-4-. The summed E-state index contributed by atoms with van der Waals surface area (Å²) < 4.78 is 0. The summed E-state index contributed by atoms with van der Waals surface area (Å²) >= 11 is 5.40. The van der Waals surface area contributed by atoms with E-state index in [9.17, 15) is 0 Å². The molecule has 0 nitrogen and oxygen atoms in total. The molecule has 0 aromatic carbocycles. The molecule has 0 heterocycles. The van der Waals surface area contributed by atoms with Gasteiger partial charge in [-0.1, -0.05) is 18.6 Å². The van der Waals surface area contributed by atoms with Gasteiger partial charge in [-0.05, 0) is 13.3 Å². The normalized spacial score (nSPS) is 12.1. The molecular formula is C6H11Cl. The topological polar surface area (TPSA) is 0 Å². The summed E-state index contributed by atoms with van der Waals surface area (Å²) in [5.41, 5.74) is 1.37. The van der Waals surface area contributed by atoms with Gasteiger partial charge in [0, 0.05) is 5.88 Å². The van der Waals surface area contributed by atoms with Crippen LogP contribution in [-0.4, -0.2) is 5.88 Å². The number of alkyl halides is 1. The molecule has 0 radical (unpaired) electrons. The molecule has 0 aliphatic carbocycles. The van der Waals surface area contributed by atoms with Gasteiger partial charge in [0.1, 0.15) is 0 Å². The third-order valence-electron chi connectivity index (χ3n) is 0.983. The molecule has 0 N–H and O–H groups in total. The average Bonchev–Trinajstić information content (AvgIpc) is 1.68. The maximum absolute atomic E-state index is 5.40. The van der Waals surface area contributed by atoms with Crippen LogP contribution in [0.15, 0.2) is 11.6 Å². The molecule has 0 fully saturated rings. The Morgan fingerprint density at radius 3 is 2.43 bits per heavy atom. The van der Waals surface area contributed by atoms with Gasteiger partial charge < -0.3 is 0 Å². The molecule has 0 atom stereocenters. The lowest BCUT2D eigenvalue weighted by molar-refractivity contribution is 1.09. The highest BCUT2D eigenvalue weighted by Crippen LogP contribution is 1.96. The van der Waals surface area contributed by atoms with Crippen molar-refractivity contribution in [1.29, 1.82) is 0 Å². The lowest BCUT2D eigenvalue weighted by Gasteiger charge is -1.87. The Balaban J connectivity index is 3.29. The first-order valence-electron chi connectivity index (χ1n) is 2.52. The minimum Gasteiger partial charge on any atom is -0.122 e. The highest BCUT2D eigenvalue weighted by molar-refractivity contribution is 6.18. The SMILES string of the molecule is CC/C(C)=C\CCl. The van der Waals surface area contributed by atoms with Crippen LogP contribution in [0, 0.1) is 0 Å². The molecular weight excluding hydrogens is 108 g/mol. The molecule has 0 unspecified atom stereocenters. The Bertz CT molecular complexity index is 64.6. The van der Waals surface area contributed by atoms with Crippen molar-refractivity contribution in [2.45, 2.75) is 20.3 Å². The highest BCUT2D eigenvalue weighted by Gasteiger charge is 1.77. The Labute approximate surface area is 50.2 Å². The Kier molecular flexibility index (Phi) is 4.21. The van der Waals surface area contributed by atoms with Crippen LogP contribution in [0.3, 0.4) is 0 Å². The van der Waals surface area contributed by atoms with E-state index < -0.39 is 0 Å². The zero-order chi connectivity index (χ0) is 5.70. The fourth-order valence-corrected chi connectivity index (χ4v) is 0.539. The van der Waals surface area contributed by atoms with E-state index in [1.807, 2.05) is 6.08 Å². The molecule has 1 heteroatoms. The van der Waals surface area contributed by atoms with Crippen LogP contribution in [0.2, 0.25) is 0 Å². The second kappa shape index (κ2) is 4.20. The first-order chi connectivity index (χ1) is 3.31. The minimum atomic E-state index is 0.652. The fourth-order valence-electron chi connectivity index (χ4n) is 0.276. The first-order valence-corrected chi connectivity index (χ1v) is 3.06. The van der Waals surface area contributed by atoms with Gasteiger partial charge in [0.15, 0.2) is 0 Å². The minimum absolute atomic E-state index is 0.652. The van der Waals surface area contributed by atoms with Gasteiger partial charge in [0.25, 0.3) is 0 Å². The van der Waals surface area contributed by atoms with E-state index >= 15 is 0 Å². The van der Waals surface area contributed by atoms with Crippen molar-refractivity contribution < 1.29 is 0 Å². The molecule has 0 aromatic heterocycles. The van der Waals surface area contributed by atoms with E-state index in [0.29, 0.717) is 5.88 Å². The van der Waals surface area contributed by atoms with Gasteiger partial charge in [-0.15, -0.1) is 11.6 Å². The van der Waals surface area contributed by atoms with Crippen LogP contribution in [0.4, 0.5) is 0 Å². The summed E-state index contributed by atoms with van der Waals surface area (Å²) in [7, 11) is 0. The predicted octanol–water partition coefficient (Wildman–Crippen LogP) is 2.58. The van der Waals surface area contributed by atoms with E-state index in [2.05, 4.69) is 13.8 Å². The summed E-state index contributed by atoms with van der Waals surface area (Å²) in [6.45, 7) is 4.21. The fraction of sp³-hybridized carbons (Fsp3) is 0.667. The molecule has 0 aromatic rings. The summed E-state index contributed by atoms with van der Waals surface area (Å²) in [4.78, 5) is 0. The summed E-state index contributed by atoms with van der Waals surface area (Å²) in [6.07, 6.45) is 3.15. The lowest BCUT2D eigenvalue weighted by atomic mass is 10.2. The van der Waals surface area contributed by atoms with Crippen molar-refractivity contribution in [1.82, 2.24) is 0 Å². The van der Waals surface area contributed by atoms with Crippen LogP contribution >= 0.6 is 11.6 Å². The number of rotatable bonds is 2. The zero-order valence-electron chi connectivity index (χ0n) is 4.87. The van der Waals surface area contributed by atoms with Crippen molar-refractivity contribution in [3.05, 3.63) is 11.6 Å². The van der Waals surface area contributed by atoms with Crippen LogP contribution in [0.25, 0.3) is 0 Å². The van der Waals surface area contributed by atoms with Gasteiger partial charge in [-0.25, -0.2) is 0 Å². The van der Waals surface area contributed by atoms with Gasteiger partial charge in [-0.3, -0.25) is 0 Å². The van der Waals surface area contributed by atoms with Crippen LogP contribution in [0.5, 0.6) is 0 Å². The largest absolute Gasteiger partial charge is 0.122 e. The zero-order valence-corrected chi connectivity index (χ0v) is 5.63. The monoisotopic (exact) mass is 118 g/mol. The molecule has 0 rings (SSSR count). The molecule has 0 saturated carbocycles. The summed E-state index contributed by atoms with van der Waals surface area (Å²) in [5, 5.41) is 0. The first kappa shape index (κ1) is 7.03. The summed E-state index contributed by atoms with van der Waals surface area (Å²) in [6, 6.07) is 0. The predicted molar refractivity (Wildman–Crippen MR) is 34.8 cm³/mol. The van der Waals surface area contributed by atoms with Crippen molar-refractivity contribution in [2.24, 2.45) is 0 Å². The Morgan fingerprint density at radius 2 is 2.29 bits per heavy atom. The van der Waals surface area contributed by atoms with Crippen molar-refractivity contribution in [3.63, 3.8) is 0 Å². The molecule has 0 aliphatic heterocycles. The molecule has 0 amide bonds. The summed E-state index contributed by atoms with van der Waals surface area (Å²) in [5.74, 6) is 0.652. The van der Waals surface area contributed by atoms with Gasteiger partial charge in [-0.2, -0.15) is 0 Å². The van der Waals surface area contributed by atoms with Crippen LogP contribution < -0.4 is 0 Å². The maximum Gasteiger partial charge on any atom is 0.0406 e. The Hall–Kier alpha value is 0.0300. The molecule has 0 spiro atoms. The lowest BCUT2D eigenvalue weighted by Crippen LogP contribution is -1.70. The number of allylic oxidation sites excluding steroid dienone is 2. The number of hydrogen-bond donors (Lipinski definition) is 0. The average molecular weight is 119 g/mol. The smallest absolute Gasteiger partial charge is 0.0406 e. The van der Waals surface area contributed by atoms with E-state index in [4.69, 9.17) is 11.6 Å². The van der Waals surface area contributed by atoms with Crippen molar-refractivity contribution >= 4 is 11.6 Å². The maximum atomic E-state index is 5.40. The van der Waals surface area contributed by atoms with Crippen molar-refractivity contribution in [3.8, 4) is 0 Å². The van der Waals surface area contributed by atoms with Crippen LogP contribution in [0.1, 0.15) is 20.3 Å². The van der Waals surface area contributed by atoms with E-state index in [1.54, 1.807) is 0 Å². The Morgan fingerprint density at radius 1 is 1.71 bits per heavy atom. The second-order valence-electron chi connectivity index (χ2n) is 1.56. The second-order valence-corrected chi connectivity index (χ2v) is 1.87. The third-order valence-corrected chi connectivity index (χ3v) is 1.14. The molecule has 0 aliphatic rings. The van der Waals surface area contributed by atoms with Crippen LogP contribution in [-0.2, 0) is 0 Å². The van der Waals surface area contributed by atoms with E-state index in [1.165, 1.54) is 5.57 Å². The highest BCUT2D eigenvalue weighted by atomic mass is 35.5. The van der Waals surface area contributed by atoms with E-state index in [0.717, 1.165) is 6.42 Å². The third kappa shape index (κ3) is 3.87. The van der Waals surface area contributed by atoms with Gasteiger partial charge >= 0.3 is 0 Å². The number of halogens is 1. The van der Waals surface area contributed by atoms with Gasteiger partial charge in [0.2, 0.25) is 0 Å². The molecule has 0 bridgehead atoms. The quantitative estimate of drug-likeness (QED) is 0.386. The number of hydrogen-bond acceptors (Lipinski definition) is 0.